The van der Waals surface area contributed by atoms with Gasteiger partial charge in [0.15, 0.2) is 17.6 Å². The number of carbonyl (C=O) groups is 2. The molecule has 0 fully saturated rings. The maximum Gasteiger partial charge on any atom is 0.331 e. The molecule has 6 heteroatoms. The maximum absolute atomic E-state index is 12.4. The molecule has 1 atom stereocenters. The SMILES string of the molecule is COc1cc(OC)c(OC)cc1/C=C/C(=O)OC(C)C(=O)c1ccc(C)cc1. The molecule has 0 spiro atoms. The summed E-state index contributed by atoms with van der Waals surface area (Å²) in [5.74, 6) is 0.622. The molecule has 2 aromatic rings. The second-order valence-electron chi connectivity index (χ2n) is 6.09. The van der Waals surface area contributed by atoms with E-state index in [1.54, 1.807) is 31.2 Å². The van der Waals surface area contributed by atoms with Crippen molar-refractivity contribution < 1.29 is 28.5 Å². The van der Waals surface area contributed by atoms with Crippen molar-refractivity contribution in [1.82, 2.24) is 0 Å². The highest BCUT2D eigenvalue weighted by atomic mass is 16.5. The normalized spacial score (nSPS) is 11.8. The highest BCUT2D eigenvalue weighted by Crippen LogP contribution is 2.35. The van der Waals surface area contributed by atoms with Gasteiger partial charge in [0.05, 0.1) is 21.3 Å². The first-order chi connectivity index (χ1) is 13.4. The molecule has 28 heavy (non-hydrogen) atoms. The molecule has 0 saturated heterocycles. The number of hydrogen-bond donors (Lipinski definition) is 0. The molecule has 0 radical (unpaired) electrons. The van der Waals surface area contributed by atoms with Gasteiger partial charge in [-0.05, 0) is 26.0 Å². The predicted molar refractivity (Wildman–Crippen MR) is 106 cm³/mol. The van der Waals surface area contributed by atoms with Gasteiger partial charge in [-0.3, -0.25) is 4.79 Å². The number of aryl methyl sites for hydroxylation is 1. The van der Waals surface area contributed by atoms with Crippen LogP contribution in [0.15, 0.2) is 42.5 Å². The molecule has 2 rings (SSSR count). The van der Waals surface area contributed by atoms with E-state index in [1.165, 1.54) is 33.5 Å². The van der Waals surface area contributed by atoms with Crippen molar-refractivity contribution in [2.75, 3.05) is 21.3 Å². The molecule has 1 unspecified atom stereocenters. The van der Waals surface area contributed by atoms with Gasteiger partial charge < -0.3 is 18.9 Å². The predicted octanol–water partition coefficient (Wildman–Crippen LogP) is 3.85. The lowest BCUT2D eigenvalue weighted by Gasteiger charge is -2.12. The molecule has 0 aromatic heterocycles. The van der Waals surface area contributed by atoms with Gasteiger partial charge in [0.2, 0.25) is 5.78 Å². The fourth-order valence-corrected chi connectivity index (χ4v) is 2.56. The Morgan fingerprint density at radius 1 is 0.893 bits per heavy atom. The summed E-state index contributed by atoms with van der Waals surface area (Å²) in [5, 5.41) is 0. The molecule has 6 nitrogen and oxygen atoms in total. The van der Waals surface area contributed by atoms with E-state index in [2.05, 4.69) is 0 Å². The summed E-state index contributed by atoms with van der Waals surface area (Å²) in [4.78, 5) is 24.5. The van der Waals surface area contributed by atoms with Crippen LogP contribution in [0.3, 0.4) is 0 Å². The number of rotatable bonds is 8. The number of Topliss-reactive ketones (excluding diaryl/α,β-unsaturated/α-hetero) is 1. The average molecular weight is 384 g/mol. The van der Waals surface area contributed by atoms with Gasteiger partial charge in [0.1, 0.15) is 5.75 Å². The smallest absolute Gasteiger partial charge is 0.331 e. The first-order valence-corrected chi connectivity index (χ1v) is 8.69. The van der Waals surface area contributed by atoms with E-state index >= 15 is 0 Å². The van der Waals surface area contributed by atoms with Crippen molar-refractivity contribution in [3.63, 3.8) is 0 Å². The molecule has 0 aliphatic heterocycles. The molecule has 0 aliphatic carbocycles. The monoisotopic (exact) mass is 384 g/mol. The van der Waals surface area contributed by atoms with Gasteiger partial charge in [-0.1, -0.05) is 29.8 Å². The van der Waals surface area contributed by atoms with Crippen LogP contribution < -0.4 is 14.2 Å². The standard InChI is InChI=1S/C22H24O6/c1-14-6-8-16(9-7-14)22(24)15(2)28-21(23)11-10-17-12-19(26-4)20(27-5)13-18(17)25-3/h6-13,15H,1-5H3/b11-10+. The van der Waals surface area contributed by atoms with Gasteiger partial charge in [-0.15, -0.1) is 0 Å². The third-order valence-electron chi connectivity index (χ3n) is 4.13. The van der Waals surface area contributed by atoms with Gasteiger partial charge >= 0.3 is 5.97 Å². The molecule has 148 valence electrons. The zero-order valence-electron chi connectivity index (χ0n) is 16.6. The summed E-state index contributed by atoms with van der Waals surface area (Å²) in [6, 6.07) is 10.4. The van der Waals surface area contributed by atoms with Crippen LogP contribution in [0.5, 0.6) is 17.2 Å². The molecule has 0 saturated carbocycles. The van der Waals surface area contributed by atoms with E-state index in [0.717, 1.165) is 5.56 Å². The first-order valence-electron chi connectivity index (χ1n) is 8.69. The number of carbonyl (C=O) groups excluding carboxylic acids is 2. The van der Waals surface area contributed by atoms with E-state index < -0.39 is 12.1 Å². The van der Waals surface area contributed by atoms with E-state index in [0.29, 0.717) is 28.4 Å². The summed E-state index contributed by atoms with van der Waals surface area (Å²) in [7, 11) is 4.56. The Labute approximate surface area is 164 Å². The van der Waals surface area contributed by atoms with Crippen LogP contribution >= 0.6 is 0 Å². The maximum atomic E-state index is 12.4. The van der Waals surface area contributed by atoms with E-state index in [1.807, 2.05) is 19.1 Å². The lowest BCUT2D eigenvalue weighted by atomic mass is 10.1. The van der Waals surface area contributed by atoms with Crippen molar-refractivity contribution in [3.8, 4) is 17.2 Å². The molecular weight excluding hydrogens is 360 g/mol. The second-order valence-corrected chi connectivity index (χ2v) is 6.09. The third kappa shape index (κ3) is 5.13. The van der Waals surface area contributed by atoms with Gasteiger partial charge in [-0.25, -0.2) is 4.79 Å². The zero-order chi connectivity index (χ0) is 20.7. The Morgan fingerprint density at radius 2 is 1.46 bits per heavy atom. The quantitative estimate of drug-likeness (QED) is 0.391. The number of methoxy groups -OCH3 is 3. The zero-order valence-corrected chi connectivity index (χ0v) is 16.6. The van der Waals surface area contributed by atoms with Crippen molar-refractivity contribution in [2.24, 2.45) is 0 Å². The Hall–Kier alpha value is -3.28. The van der Waals surface area contributed by atoms with E-state index in [-0.39, 0.29) is 5.78 Å². The fraction of sp³-hybridized carbons (Fsp3) is 0.273. The highest BCUT2D eigenvalue weighted by Gasteiger charge is 2.18. The number of benzene rings is 2. The number of esters is 1. The number of ketones is 1. The Morgan fingerprint density at radius 3 is 2.04 bits per heavy atom. The minimum absolute atomic E-state index is 0.259. The van der Waals surface area contributed by atoms with Gasteiger partial charge in [0.25, 0.3) is 0 Å². The van der Waals surface area contributed by atoms with Gasteiger partial charge in [-0.2, -0.15) is 0 Å². The molecular formula is C22H24O6. The fourth-order valence-electron chi connectivity index (χ4n) is 2.56. The molecule has 0 aliphatic rings. The molecule has 0 bridgehead atoms. The molecule has 0 N–H and O–H groups in total. The minimum Gasteiger partial charge on any atom is -0.496 e. The van der Waals surface area contributed by atoms with Crippen LogP contribution in [0.2, 0.25) is 0 Å². The highest BCUT2D eigenvalue weighted by molar-refractivity contribution is 6.01. The molecule has 0 heterocycles. The summed E-state index contributed by atoms with van der Waals surface area (Å²) >= 11 is 0. The summed E-state index contributed by atoms with van der Waals surface area (Å²) in [5.41, 5.74) is 2.15. The van der Waals surface area contributed by atoms with Crippen molar-refractivity contribution in [2.45, 2.75) is 20.0 Å². The van der Waals surface area contributed by atoms with E-state index in [4.69, 9.17) is 18.9 Å². The molecule has 0 amide bonds. The summed E-state index contributed by atoms with van der Waals surface area (Å²) in [6.07, 6.45) is 1.88. The third-order valence-corrected chi connectivity index (χ3v) is 4.13. The van der Waals surface area contributed by atoms with Crippen LogP contribution in [-0.4, -0.2) is 39.2 Å². The Bertz CT molecular complexity index is 867. The van der Waals surface area contributed by atoms with Crippen molar-refractivity contribution >= 4 is 17.8 Å². The van der Waals surface area contributed by atoms with E-state index in [9.17, 15) is 9.59 Å². The van der Waals surface area contributed by atoms with Crippen LogP contribution in [0, 0.1) is 6.92 Å². The average Bonchev–Trinajstić information content (AvgIpc) is 2.71. The van der Waals surface area contributed by atoms with Crippen LogP contribution in [0.1, 0.15) is 28.4 Å². The van der Waals surface area contributed by atoms with Crippen LogP contribution in [0.4, 0.5) is 0 Å². The number of ether oxygens (including phenoxy) is 4. The second kappa shape index (κ2) is 9.60. The topological polar surface area (TPSA) is 71.1 Å². The minimum atomic E-state index is -0.896. The Balaban J connectivity index is 2.10. The summed E-state index contributed by atoms with van der Waals surface area (Å²) < 4.78 is 21.0. The Kier molecular flexibility index (Phi) is 7.21. The van der Waals surface area contributed by atoms with Crippen LogP contribution in [0.25, 0.3) is 6.08 Å². The summed E-state index contributed by atoms with van der Waals surface area (Å²) in [6.45, 7) is 3.48. The van der Waals surface area contributed by atoms with Crippen molar-refractivity contribution in [1.29, 1.82) is 0 Å². The largest absolute Gasteiger partial charge is 0.496 e. The van der Waals surface area contributed by atoms with Gasteiger partial charge in [0, 0.05) is 23.3 Å². The lowest BCUT2D eigenvalue weighted by molar-refractivity contribution is -0.140. The van der Waals surface area contributed by atoms with Crippen LogP contribution in [-0.2, 0) is 9.53 Å². The lowest BCUT2D eigenvalue weighted by Crippen LogP contribution is -2.23. The molecule has 2 aromatic carbocycles. The first kappa shape index (κ1) is 21.0. The van der Waals surface area contributed by atoms with Crippen molar-refractivity contribution in [3.05, 3.63) is 59.2 Å². The number of hydrogen-bond acceptors (Lipinski definition) is 6.